The molecular formula is C26H28N2O5S. The lowest BCUT2D eigenvalue weighted by Crippen LogP contribution is -2.40. The molecule has 1 aliphatic heterocycles. The number of carbonyl (C=O) groups excluding carboxylic acids is 1. The van der Waals surface area contributed by atoms with Crippen LogP contribution in [0.2, 0.25) is 0 Å². The summed E-state index contributed by atoms with van der Waals surface area (Å²) in [7, 11) is -2.44. The number of nitrogens with zero attached hydrogens (tertiary/aromatic N) is 2. The van der Waals surface area contributed by atoms with Crippen molar-refractivity contribution in [1.82, 2.24) is 4.31 Å². The summed E-state index contributed by atoms with van der Waals surface area (Å²) in [4.78, 5) is 15.4. The van der Waals surface area contributed by atoms with E-state index in [2.05, 4.69) is 0 Å². The second-order valence-corrected chi connectivity index (χ2v) is 10.0. The van der Waals surface area contributed by atoms with E-state index < -0.39 is 10.0 Å². The number of rotatable bonds is 7. The SMILES string of the molecule is COc1ccc(C(=O)N(Cc2ccccc2)c2cccc(C)c2)cc1S(=O)(=O)N1CCOCC1. The van der Waals surface area contributed by atoms with Gasteiger partial charge >= 0.3 is 0 Å². The van der Waals surface area contributed by atoms with Crippen LogP contribution in [0.3, 0.4) is 0 Å². The van der Waals surface area contributed by atoms with Crippen LogP contribution in [0, 0.1) is 6.92 Å². The molecule has 0 spiro atoms. The van der Waals surface area contributed by atoms with Crippen molar-refractivity contribution < 1.29 is 22.7 Å². The van der Waals surface area contributed by atoms with Crippen molar-refractivity contribution in [2.75, 3.05) is 38.3 Å². The monoisotopic (exact) mass is 480 g/mol. The Morgan fingerprint density at radius 1 is 1.00 bits per heavy atom. The third-order valence-electron chi connectivity index (χ3n) is 5.74. The van der Waals surface area contributed by atoms with Crippen LogP contribution in [0.4, 0.5) is 5.69 Å². The standard InChI is InChI=1S/C26H28N2O5S/c1-20-7-6-10-23(17-20)28(19-21-8-4-3-5-9-21)26(29)22-11-12-24(32-2)25(18-22)34(30,31)27-13-15-33-16-14-27/h3-12,17-18H,13-16,19H2,1-2H3. The largest absolute Gasteiger partial charge is 0.495 e. The number of methoxy groups -OCH3 is 1. The fraction of sp³-hybridized carbons (Fsp3) is 0.269. The maximum Gasteiger partial charge on any atom is 0.258 e. The Labute approximate surface area is 200 Å². The molecule has 3 aromatic rings. The van der Waals surface area contributed by atoms with Gasteiger partial charge < -0.3 is 14.4 Å². The van der Waals surface area contributed by atoms with Gasteiger partial charge in [0.05, 0.1) is 26.9 Å². The Morgan fingerprint density at radius 3 is 2.41 bits per heavy atom. The molecule has 1 fully saturated rings. The molecule has 1 aliphatic rings. The minimum atomic E-state index is -3.86. The zero-order valence-corrected chi connectivity index (χ0v) is 20.1. The van der Waals surface area contributed by atoms with E-state index in [4.69, 9.17) is 9.47 Å². The van der Waals surface area contributed by atoms with E-state index in [1.165, 1.54) is 23.5 Å². The Morgan fingerprint density at radius 2 is 1.74 bits per heavy atom. The van der Waals surface area contributed by atoms with Gasteiger partial charge in [-0.3, -0.25) is 4.79 Å². The Kier molecular flexibility index (Phi) is 7.31. The number of aryl methyl sites for hydroxylation is 1. The van der Waals surface area contributed by atoms with Gasteiger partial charge in [0.15, 0.2) is 0 Å². The molecule has 0 aromatic heterocycles. The third kappa shape index (κ3) is 5.14. The first kappa shape index (κ1) is 23.9. The van der Waals surface area contributed by atoms with Crippen LogP contribution in [0.5, 0.6) is 5.75 Å². The van der Waals surface area contributed by atoms with E-state index in [1.54, 1.807) is 11.0 Å². The van der Waals surface area contributed by atoms with Crippen LogP contribution in [0.1, 0.15) is 21.5 Å². The zero-order chi connectivity index (χ0) is 24.1. The molecule has 0 atom stereocenters. The molecule has 178 valence electrons. The average Bonchev–Trinajstić information content (AvgIpc) is 2.87. The molecule has 1 amide bonds. The molecule has 7 nitrogen and oxygen atoms in total. The Hall–Kier alpha value is -3.20. The van der Waals surface area contributed by atoms with Gasteiger partial charge in [0.25, 0.3) is 5.91 Å². The highest BCUT2D eigenvalue weighted by atomic mass is 32.2. The fourth-order valence-electron chi connectivity index (χ4n) is 3.94. The van der Waals surface area contributed by atoms with Crippen molar-refractivity contribution in [2.45, 2.75) is 18.4 Å². The summed E-state index contributed by atoms with van der Waals surface area (Å²) in [6.07, 6.45) is 0. The van der Waals surface area contributed by atoms with Gasteiger partial charge in [0.1, 0.15) is 10.6 Å². The molecule has 1 heterocycles. The van der Waals surface area contributed by atoms with Crippen LogP contribution in [-0.4, -0.2) is 52.0 Å². The minimum Gasteiger partial charge on any atom is -0.495 e. The molecule has 1 saturated heterocycles. The molecule has 0 aliphatic carbocycles. The maximum absolute atomic E-state index is 13.8. The van der Waals surface area contributed by atoms with Crippen LogP contribution in [-0.2, 0) is 21.3 Å². The molecule has 0 saturated carbocycles. The van der Waals surface area contributed by atoms with E-state index in [0.717, 1.165) is 16.8 Å². The highest BCUT2D eigenvalue weighted by Crippen LogP contribution is 2.30. The molecule has 0 unspecified atom stereocenters. The summed E-state index contributed by atoms with van der Waals surface area (Å²) in [5.41, 5.74) is 2.99. The van der Waals surface area contributed by atoms with Crippen molar-refractivity contribution >= 4 is 21.6 Å². The van der Waals surface area contributed by atoms with E-state index in [-0.39, 0.29) is 35.2 Å². The normalized spacial score (nSPS) is 14.5. The predicted molar refractivity (Wildman–Crippen MR) is 131 cm³/mol. The summed E-state index contributed by atoms with van der Waals surface area (Å²) in [6, 6.07) is 21.9. The number of morpholine rings is 1. The topological polar surface area (TPSA) is 76.2 Å². The van der Waals surface area contributed by atoms with Crippen molar-refractivity contribution in [2.24, 2.45) is 0 Å². The highest BCUT2D eigenvalue weighted by molar-refractivity contribution is 7.89. The molecule has 8 heteroatoms. The van der Waals surface area contributed by atoms with E-state index in [9.17, 15) is 13.2 Å². The van der Waals surface area contributed by atoms with Gasteiger partial charge in [0.2, 0.25) is 10.0 Å². The molecule has 0 bridgehead atoms. The Bertz CT molecular complexity index is 1260. The first-order valence-corrected chi connectivity index (χ1v) is 12.5. The number of amides is 1. The van der Waals surface area contributed by atoms with Gasteiger partial charge in [-0.25, -0.2) is 8.42 Å². The smallest absolute Gasteiger partial charge is 0.258 e. The van der Waals surface area contributed by atoms with Gasteiger partial charge in [0, 0.05) is 24.3 Å². The second-order valence-electron chi connectivity index (χ2n) is 8.10. The number of carbonyl (C=O) groups is 1. The summed E-state index contributed by atoms with van der Waals surface area (Å²) in [5.74, 6) is -0.0938. The zero-order valence-electron chi connectivity index (χ0n) is 19.3. The van der Waals surface area contributed by atoms with Crippen molar-refractivity contribution in [3.05, 3.63) is 89.5 Å². The maximum atomic E-state index is 13.8. The number of hydrogen-bond acceptors (Lipinski definition) is 5. The third-order valence-corrected chi connectivity index (χ3v) is 7.66. The average molecular weight is 481 g/mol. The minimum absolute atomic E-state index is 0.0216. The quantitative estimate of drug-likeness (QED) is 0.513. The van der Waals surface area contributed by atoms with E-state index >= 15 is 0 Å². The van der Waals surface area contributed by atoms with Gasteiger partial charge in [-0.1, -0.05) is 42.5 Å². The number of sulfonamides is 1. The lowest BCUT2D eigenvalue weighted by molar-refractivity contribution is 0.0729. The summed E-state index contributed by atoms with van der Waals surface area (Å²) in [6.45, 7) is 3.49. The molecule has 3 aromatic carbocycles. The molecule has 4 rings (SSSR count). The summed E-state index contributed by atoms with van der Waals surface area (Å²) >= 11 is 0. The van der Waals surface area contributed by atoms with E-state index in [0.29, 0.717) is 19.8 Å². The molecule has 34 heavy (non-hydrogen) atoms. The second kappa shape index (κ2) is 10.4. The predicted octanol–water partition coefficient (Wildman–Crippen LogP) is 3.87. The number of ether oxygens (including phenoxy) is 2. The van der Waals surface area contributed by atoms with Crippen LogP contribution in [0.25, 0.3) is 0 Å². The van der Waals surface area contributed by atoms with Crippen LogP contribution < -0.4 is 9.64 Å². The first-order chi connectivity index (χ1) is 16.4. The van der Waals surface area contributed by atoms with E-state index in [1.807, 2.05) is 61.5 Å². The van der Waals surface area contributed by atoms with Crippen molar-refractivity contribution in [3.8, 4) is 5.75 Å². The fourth-order valence-corrected chi connectivity index (χ4v) is 5.52. The molecule has 0 radical (unpaired) electrons. The van der Waals surface area contributed by atoms with Gasteiger partial charge in [-0.05, 0) is 48.4 Å². The van der Waals surface area contributed by atoms with Crippen LogP contribution in [0.15, 0.2) is 77.7 Å². The van der Waals surface area contributed by atoms with Crippen LogP contribution >= 0.6 is 0 Å². The Balaban J connectivity index is 1.75. The molecular weight excluding hydrogens is 452 g/mol. The lowest BCUT2D eigenvalue weighted by Gasteiger charge is -2.27. The lowest BCUT2D eigenvalue weighted by atomic mass is 10.1. The number of hydrogen-bond donors (Lipinski definition) is 0. The molecule has 0 N–H and O–H groups in total. The first-order valence-electron chi connectivity index (χ1n) is 11.1. The summed E-state index contributed by atoms with van der Waals surface area (Å²) in [5, 5.41) is 0. The van der Waals surface area contributed by atoms with Crippen molar-refractivity contribution in [3.63, 3.8) is 0 Å². The van der Waals surface area contributed by atoms with Gasteiger partial charge in [-0.2, -0.15) is 4.31 Å². The van der Waals surface area contributed by atoms with Gasteiger partial charge in [-0.15, -0.1) is 0 Å². The van der Waals surface area contributed by atoms with Crippen molar-refractivity contribution in [1.29, 1.82) is 0 Å². The number of benzene rings is 3. The summed E-state index contributed by atoms with van der Waals surface area (Å²) < 4.78 is 38.8. The number of anilines is 1. The highest BCUT2D eigenvalue weighted by Gasteiger charge is 2.31.